The fraction of sp³-hybridized carbons (Fsp3) is 0. The summed E-state index contributed by atoms with van der Waals surface area (Å²) in [6.07, 6.45) is 0. The summed E-state index contributed by atoms with van der Waals surface area (Å²) in [6, 6.07) is 11.2. The van der Waals surface area contributed by atoms with E-state index in [4.69, 9.17) is 0 Å². The number of nitrogens with zero attached hydrogens (tertiary/aromatic N) is 3. The van der Waals surface area contributed by atoms with E-state index in [1.54, 1.807) is 35.7 Å². The number of H-pyrrole nitrogens is 1. The Morgan fingerprint density at radius 1 is 1.12 bits per heavy atom. The highest BCUT2D eigenvalue weighted by atomic mass is 32.1. The van der Waals surface area contributed by atoms with Gasteiger partial charge in [-0.05, 0) is 30.3 Å². The van der Waals surface area contributed by atoms with Crippen molar-refractivity contribution >= 4 is 33.4 Å². The summed E-state index contributed by atoms with van der Waals surface area (Å²) in [6.45, 7) is 0. The Balaban J connectivity index is 1.56. The summed E-state index contributed by atoms with van der Waals surface area (Å²) >= 11 is 1.28. The average molecular weight is 339 g/mol. The van der Waals surface area contributed by atoms with Crippen LogP contribution in [0.1, 0.15) is 10.4 Å². The number of aromatic nitrogens is 4. The Morgan fingerprint density at radius 3 is 2.88 bits per heavy atom. The van der Waals surface area contributed by atoms with Gasteiger partial charge < -0.3 is 0 Å². The number of benzene rings is 2. The van der Waals surface area contributed by atoms with E-state index < -0.39 is 0 Å². The monoisotopic (exact) mass is 339 g/mol. The molecular weight excluding hydrogens is 329 g/mol. The molecule has 4 aromatic rings. The molecule has 118 valence electrons. The van der Waals surface area contributed by atoms with Gasteiger partial charge >= 0.3 is 0 Å². The van der Waals surface area contributed by atoms with E-state index in [9.17, 15) is 9.18 Å². The van der Waals surface area contributed by atoms with Crippen molar-refractivity contribution < 1.29 is 9.18 Å². The highest BCUT2D eigenvalue weighted by molar-refractivity contribution is 7.14. The Morgan fingerprint density at radius 2 is 2.00 bits per heavy atom. The molecule has 0 atom stereocenters. The van der Waals surface area contributed by atoms with Gasteiger partial charge in [-0.1, -0.05) is 12.1 Å². The highest BCUT2D eigenvalue weighted by Gasteiger charge is 2.11. The molecule has 2 aromatic heterocycles. The van der Waals surface area contributed by atoms with Crippen LogP contribution in [0, 0.1) is 5.82 Å². The first kappa shape index (κ1) is 14.5. The summed E-state index contributed by atoms with van der Waals surface area (Å²) in [5, 5.41) is 15.4. The molecule has 0 aliphatic heterocycles. The lowest BCUT2D eigenvalue weighted by Crippen LogP contribution is -2.11. The Bertz CT molecular complexity index is 1040. The zero-order valence-corrected chi connectivity index (χ0v) is 13.0. The second kappa shape index (κ2) is 5.82. The van der Waals surface area contributed by atoms with Crippen molar-refractivity contribution in [2.24, 2.45) is 0 Å². The molecule has 8 heteroatoms. The molecule has 24 heavy (non-hydrogen) atoms. The van der Waals surface area contributed by atoms with E-state index in [-0.39, 0.29) is 11.7 Å². The Labute approximate surface area is 139 Å². The van der Waals surface area contributed by atoms with Crippen LogP contribution in [0.15, 0.2) is 47.8 Å². The molecule has 4 rings (SSSR count). The maximum absolute atomic E-state index is 13.3. The van der Waals surface area contributed by atoms with Crippen LogP contribution < -0.4 is 5.32 Å². The predicted octanol–water partition coefficient (Wildman–Crippen LogP) is 3.47. The van der Waals surface area contributed by atoms with E-state index in [1.165, 1.54) is 23.5 Å². The van der Waals surface area contributed by atoms with Crippen molar-refractivity contribution in [1.29, 1.82) is 0 Å². The molecule has 0 aliphatic rings. The van der Waals surface area contributed by atoms with Crippen molar-refractivity contribution in [3.8, 4) is 11.3 Å². The third-order valence-electron chi connectivity index (χ3n) is 3.42. The second-order valence-electron chi connectivity index (χ2n) is 5.03. The van der Waals surface area contributed by atoms with Gasteiger partial charge in [-0.3, -0.25) is 10.1 Å². The quantitative estimate of drug-likeness (QED) is 0.598. The minimum Gasteiger partial charge on any atom is -0.298 e. The molecule has 2 aromatic carbocycles. The Hall–Kier alpha value is -3.13. The van der Waals surface area contributed by atoms with Gasteiger partial charge in [-0.15, -0.1) is 11.3 Å². The SMILES string of the molecule is O=C(Nc1nc(-c2cccc(F)c2)cs1)c1ccc2n[nH]nc2c1. The van der Waals surface area contributed by atoms with E-state index in [0.29, 0.717) is 33.0 Å². The van der Waals surface area contributed by atoms with E-state index >= 15 is 0 Å². The maximum Gasteiger partial charge on any atom is 0.257 e. The molecule has 0 bridgehead atoms. The molecule has 0 saturated heterocycles. The van der Waals surface area contributed by atoms with Gasteiger partial charge in [0, 0.05) is 16.5 Å². The normalized spacial score (nSPS) is 10.9. The predicted molar refractivity (Wildman–Crippen MR) is 89.3 cm³/mol. The zero-order chi connectivity index (χ0) is 16.5. The van der Waals surface area contributed by atoms with Gasteiger partial charge in [0.15, 0.2) is 5.13 Å². The number of aromatic amines is 1. The van der Waals surface area contributed by atoms with Gasteiger partial charge in [0.2, 0.25) is 0 Å². The number of fused-ring (bicyclic) bond motifs is 1. The highest BCUT2D eigenvalue weighted by Crippen LogP contribution is 2.25. The number of carbonyl (C=O) groups excluding carboxylic acids is 1. The lowest BCUT2D eigenvalue weighted by Gasteiger charge is -2.01. The van der Waals surface area contributed by atoms with Crippen LogP contribution in [0.3, 0.4) is 0 Å². The summed E-state index contributed by atoms with van der Waals surface area (Å²) < 4.78 is 13.3. The summed E-state index contributed by atoms with van der Waals surface area (Å²) in [7, 11) is 0. The zero-order valence-electron chi connectivity index (χ0n) is 12.2. The van der Waals surface area contributed by atoms with Crippen LogP contribution in [0.4, 0.5) is 9.52 Å². The molecule has 0 radical (unpaired) electrons. The van der Waals surface area contributed by atoms with Gasteiger partial charge in [0.25, 0.3) is 5.91 Å². The average Bonchev–Trinajstić information content (AvgIpc) is 3.23. The largest absolute Gasteiger partial charge is 0.298 e. The third kappa shape index (κ3) is 2.74. The molecule has 2 N–H and O–H groups in total. The first-order valence-corrected chi connectivity index (χ1v) is 7.90. The molecule has 0 fully saturated rings. The smallest absolute Gasteiger partial charge is 0.257 e. The lowest BCUT2D eigenvalue weighted by atomic mass is 10.2. The number of anilines is 1. The number of carbonyl (C=O) groups is 1. The van der Waals surface area contributed by atoms with Gasteiger partial charge in [-0.25, -0.2) is 9.37 Å². The second-order valence-corrected chi connectivity index (χ2v) is 5.89. The third-order valence-corrected chi connectivity index (χ3v) is 4.18. The van der Waals surface area contributed by atoms with Crippen molar-refractivity contribution in [3.63, 3.8) is 0 Å². The van der Waals surface area contributed by atoms with Crippen molar-refractivity contribution in [3.05, 3.63) is 59.2 Å². The molecule has 0 saturated carbocycles. The van der Waals surface area contributed by atoms with E-state index in [1.807, 2.05) is 0 Å². The molecule has 0 aliphatic carbocycles. The van der Waals surface area contributed by atoms with Crippen LogP contribution in [-0.2, 0) is 0 Å². The minimum absolute atomic E-state index is 0.292. The number of thiazole rings is 1. The number of rotatable bonds is 3. The molecule has 0 unspecified atom stereocenters. The maximum atomic E-state index is 13.3. The van der Waals surface area contributed by atoms with Crippen LogP contribution in [0.5, 0.6) is 0 Å². The summed E-state index contributed by atoms with van der Waals surface area (Å²) in [4.78, 5) is 16.6. The standard InChI is InChI=1S/C16H10FN5OS/c17-11-3-1-2-9(6-11)14-8-24-16(18-14)19-15(23)10-4-5-12-13(7-10)21-22-20-12/h1-8H,(H,18,19,23)(H,20,21,22). The number of hydrogen-bond acceptors (Lipinski definition) is 5. The number of hydrogen-bond donors (Lipinski definition) is 2. The molecule has 2 heterocycles. The van der Waals surface area contributed by atoms with Crippen molar-refractivity contribution in [2.75, 3.05) is 5.32 Å². The van der Waals surface area contributed by atoms with Crippen LogP contribution in [0.25, 0.3) is 22.3 Å². The first-order valence-electron chi connectivity index (χ1n) is 7.02. The van der Waals surface area contributed by atoms with Crippen molar-refractivity contribution in [1.82, 2.24) is 20.4 Å². The lowest BCUT2D eigenvalue weighted by molar-refractivity contribution is 0.102. The molecule has 1 amide bonds. The van der Waals surface area contributed by atoms with Gasteiger partial charge in [-0.2, -0.15) is 15.4 Å². The fourth-order valence-corrected chi connectivity index (χ4v) is 2.98. The summed E-state index contributed by atoms with van der Waals surface area (Å²) in [5.41, 5.74) is 3.04. The van der Waals surface area contributed by atoms with E-state index in [2.05, 4.69) is 25.7 Å². The topological polar surface area (TPSA) is 83.6 Å². The van der Waals surface area contributed by atoms with Crippen LogP contribution in [-0.4, -0.2) is 26.3 Å². The van der Waals surface area contributed by atoms with Gasteiger partial charge in [0.1, 0.15) is 16.9 Å². The molecular formula is C16H10FN5OS. The van der Waals surface area contributed by atoms with E-state index in [0.717, 1.165) is 0 Å². The summed E-state index contributed by atoms with van der Waals surface area (Å²) in [5.74, 6) is -0.618. The fourth-order valence-electron chi connectivity index (χ4n) is 2.26. The first-order chi connectivity index (χ1) is 11.7. The minimum atomic E-state index is -0.327. The molecule has 6 nitrogen and oxygen atoms in total. The Kier molecular flexibility index (Phi) is 3.51. The van der Waals surface area contributed by atoms with Gasteiger partial charge in [0.05, 0.1) is 5.69 Å². The molecule has 0 spiro atoms. The number of nitrogens with one attached hydrogen (secondary N) is 2. The van der Waals surface area contributed by atoms with Crippen LogP contribution in [0.2, 0.25) is 0 Å². The number of amides is 1. The number of halogens is 1. The van der Waals surface area contributed by atoms with Crippen molar-refractivity contribution in [2.45, 2.75) is 0 Å². The van der Waals surface area contributed by atoms with Crippen LogP contribution >= 0.6 is 11.3 Å².